The smallest absolute Gasteiger partial charge is 0.270 e. The summed E-state index contributed by atoms with van der Waals surface area (Å²) in [6.45, 7) is 2.17. The lowest BCUT2D eigenvalue weighted by molar-refractivity contribution is 0.0943. The molecule has 0 saturated carbocycles. The SMILES string of the molecule is Cc1ccccc1NC(=O)c1ccnc(C(=O)NCc2ccco2)c1. The summed E-state index contributed by atoms with van der Waals surface area (Å²) in [5.74, 6) is -0.0273. The van der Waals surface area contributed by atoms with E-state index in [0.29, 0.717) is 11.3 Å². The molecule has 0 spiro atoms. The molecular weight excluding hydrogens is 318 g/mol. The summed E-state index contributed by atoms with van der Waals surface area (Å²) in [6.07, 6.45) is 2.98. The number of nitrogens with one attached hydrogen (secondary N) is 2. The van der Waals surface area contributed by atoms with Crippen molar-refractivity contribution in [1.29, 1.82) is 0 Å². The highest BCUT2D eigenvalue weighted by atomic mass is 16.3. The number of benzene rings is 1. The molecule has 0 saturated heterocycles. The van der Waals surface area contributed by atoms with Crippen LogP contribution in [0.3, 0.4) is 0 Å². The zero-order valence-corrected chi connectivity index (χ0v) is 13.7. The largest absolute Gasteiger partial charge is 0.467 e. The minimum Gasteiger partial charge on any atom is -0.467 e. The van der Waals surface area contributed by atoms with E-state index in [1.807, 2.05) is 31.2 Å². The molecule has 0 aliphatic carbocycles. The van der Waals surface area contributed by atoms with Gasteiger partial charge in [0.15, 0.2) is 0 Å². The third kappa shape index (κ3) is 4.11. The molecule has 2 amide bonds. The van der Waals surface area contributed by atoms with Crippen molar-refractivity contribution >= 4 is 17.5 Å². The van der Waals surface area contributed by atoms with Gasteiger partial charge in [-0.15, -0.1) is 0 Å². The first-order valence-electron chi connectivity index (χ1n) is 7.77. The van der Waals surface area contributed by atoms with Crippen LogP contribution in [-0.4, -0.2) is 16.8 Å². The summed E-state index contributed by atoms with van der Waals surface area (Å²) in [7, 11) is 0. The van der Waals surface area contributed by atoms with E-state index in [0.717, 1.165) is 11.3 Å². The predicted octanol–water partition coefficient (Wildman–Crippen LogP) is 3.17. The molecular formula is C19H17N3O3. The Morgan fingerprint density at radius 2 is 1.92 bits per heavy atom. The number of carbonyl (C=O) groups excluding carboxylic acids is 2. The van der Waals surface area contributed by atoms with Gasteiger partial charge in [0.25, 0.3) is 11.8 Å². The maximum atomic E-state index is 12.4. The second kappa shape index (κ2) is 7.44. The third-order valence-corrected chi connectivity index (χ3v) is 3.65. The minimum absolute atomic E-state index is 0.170. The first kappa shape index (κ1) is 16.4. The van der Waals surface area contributed by atoms with Crippen LogP contribution in [0.5, 0.6) is 0 Å². The lowest BCUT2D eigenvalue weighted by Crippen LogP contribution is -2.24. The van der Waals surface area contributed by atoms with Crippen LogP contribution in [0.15, 0.2) is 65.4 Å². The lowest BCUT2D eigenvalue weighted by atomic mass is 10.1. The van der Waals surface area contributed by atoms with Gasteiger partial charge in [-0.2, -0.15) is 0 Å². The molecule has 0 radical (unpaired) electrons. The Bertz CT molecular complexity index is 888. The summed E-state index contributed by atoms with van der Waals surface area (Å²) < 4.78 is 5.16. The number of aryl methyl sites for hydroxylation is 1. The maximum absolute atomic E-state index is 12.4. The van der Waals surface area contributed by atoms with Gasteiger partial charge >= 0.3 is 0 Å². The molecule has 25 heavy (non-hydrogen) atoms. The number of anilines is 1. The predicted molar refractivity (Wildman–Crippen MR) is 93.2 cm³/mol. The topological polar surface area (TPSA) is 84.2 Å². The number of amides is 2. The van der Waals surface area contributed by atoms with Gasteiger partial charge in [-0.1, -0.05) is 18.2 Å². The first-order valence-corrected chi connectivity index (χ1v) is 7.77. The Morgan fingerprint density at radius 1 is 1.08 bits per heavy atom. The van der Waals surface area contributed by atoms with Crippen molar-refractivity contribution in [3.8, 4) is 0 Å². The van der Waals surface area contributed by atoms with Crippen molar-refractivity contribution in [2.24, 2.45) is 0 Å². The van der Waals surface area contributed by atoms with Gasteiger partial charge in [-0.25, -0.2) is 0 Å². The van der Waals surface area contributed by atoms with Crippen molar-refractivity contribution in [1.82, 2.24) is 10.3 Å². The fraction of sp³-hybridized carbons (Fsp3) is 0.105. The van der Waals surface area contributed by atoms with Crippen LogP contribution in [0.25, 0.3) is 0 Å². The van der Waals surface area contributed by atoms with E-state index in [-0.39, 0.29) is 24.1 Å². The Balaban J connectivity index is 1.69. The van der Waals surface area contributed by atoms with Crippen molar-refractivity contribution < 1.29 is 14.0 Å². The zero-order chi connectivity index (χ0) is 17.6. The minimum atomic E-state index is -0.373. The molecule has 3 rings (SSSR count). The van der Waals surface area contributed by atoms with Gasteiger partial charge in [-0.05, 0) is 42.8 Å². The highest BCUT2D eigenvalue weighted by molar-refractivity contribution is 6.06. The Hall–Kier alpha value is -3.41. The molecule has 6 heteroatoms. The quantitative estimate of drug-likeness (QED) is 0.750. The van der Waals surface area contributed by atoms with Crippen LogP contribution in [0, 0.1) is 6.92 Å². The van der Waals surface area contributed by atoms with Gasteiger partial charge in [0.1, 0.15) is 11.5 Å². The number of hydrogen-bond donors (Lipinski definition) is 2. The number of furan rings is 1. The summed E-state index contributed by atoms with van der Waals surface area (Å²) in [4.78, 5) is 28.6. The summed E-state index contributed by atoms with van der Waals surface area (Å²) in [5, 5.41) is 5.53. The summed E-state index contributed by atoms with van der Waals surface area (Å²) >= 11 is 0. The first-order chi connectivity index (χ1) is 12.1. The molecule has 126 valence electrons. The standard InChI is InChI=1S/C19H17N3O3/c1-13-5-2-3-7-16(13)22-18(23)14-8-9-20-17(11-14)19(24)21-12-15-6-4-10-25-15/h2-11H,12H2,1H3,(H,21,24)(H,22,23). The molecule has 0 fully saturated rings. The molecule has 6 nitrogen and oxygen atoms in total. The van der Waals surface area contributed by atoms with Crippen molar-refractivity contribution in [2.45, 2.75) is 13.5 Å². The molecule has 3 aromatic rings. The maximum Gasteiger partial charge on any atom is 0.270 e. The second-order valence-corrected chi connectivity index (χ2v) is 5.46. The average Bonchev–Trinajstić information content (AvgIpc) is 3.15. The van der Waals surface area contributed by atoms with Crippen molar-refractivity contribution in [3.63, 3.8) is 0 Å². The van der Waals surface area contributed by atoms with Crippen LogP contribution in [0.4, 0.5) is 5.69 Å². The molecule has 1 aromatic carbocycles. The van der Waals surface area contributed by atoms with Gasteiger partial charge in [-0.3, -0.25) is 14.6 Å². The molecule has 0 atom stereocenters. The number of rotatable bonds is 5. The molecule has 0 bridgehead atoms. The van der Waals surface area contributed by atoms with Crippen molar-refractivity contribution in [3.05, 3.63) is 83.6 Å². The molecule has 0 aliphatic rings. The number of para-hydroxylation sites is 1. The number of carbonyl (C=O) groups is 2. The zero-order valence-electron chi connectivity index (χ0n) is 13.7. The van der Waals surface area contributed by atoms with E-state index in [1.54, 1.807) is 18.2 Å². The number of pyridine rings is 1. The summed E-state index contributed by atoms with van der Waals surface area (Å²) in [5.41, 5.74) is 2.22. The van der Waals surface area contributed by atoms with Crippen LogP contribution >= 0.6 is 0 Å². The number of hydrogen-bond acceptors (Lipinski definition) is 4. The van der Waals surface area contributed by atoms with E-state index < -0.39 is 0 Å². The summed E-state index contributed by atoms with van der Waals surface area (Å²) in [6, 6.07) is 14.0. The Labute approximate surface area is 144 Å². The van der Waals surface area contributed by atoms with E-state index in [9.17, 15) is 9.59 Å². The van der Waals surface area contributed by atoms with E-state index in [2.05, 4.69) is 15.6 Å². The van der Waals surface area contributed by atoms with Crippen LogP contribution in [0.1, 0.15) is 32.2 Å². The normalized spacial score (nSPS) is 10.3. The lowest BCUT2D eigenvalue weighted by Gasteiger charge is -2.09. The highest BCUT2D eigenvalue weighted by Crippen LogP contribution is 2.15. The van der Waals surface area contributed by atoms with Gasteiger partial charge in [0.2, 0.25) is 0 Å². The molecule has 0 unspecified atom stereocenters. The molecule has 0 aliphatic heterocycles. The Kier molecular flexibility index (Phi) is 4.89. The van der Waals surface area contributed by atoms with Crippen LogP contribution in [-0.2, 0) is 6.54 Å². The molecule has 2 aromatic heterocycles. The number of nitrogens with zero attached hydrogens (tertiary/aromatic N) is 1. The highest BCUT2D eigenvalue weighted by Gasteiger charge is 2.13. The average molecular weight is 335 g/mol. The number of aromatic nitrogens is 1. The van der Waals surface area contributed by atoms with Crippen LogP contribution < -0.4 is 10.6 Å². The van der Waals surface area contributed by atoms with Crippen molar-refractivity contribution in [2.75, 3.05) is 5.32 Å². The van der Waals surface area contributed by atoms with Gasteiger partial charge in [0, 0.05) is 17.4 Å². The third-order valence-electron chi connectivity index (χ3n) is 3.65. The fourth-order valence-corrected chi connectivity index (χ4v) is 2.27. The van der Waals surface area contributed by atoms with E-state index in [4.69, 9.17) is 4.42 Å². The van der Waals surface area contributed by atoms with Crippen LogP contribution in [0.2, 0.25) is 0 Å². The second-order valence-electron chi connectivity index (χ2n) is 5.46. The van der Waals surface area contributed by atoms with E-state index in [1.165, 1.54) is 18.5 Å². The monoisotopic (exact) mass is 335 g/mol. The molecule has 2 heterocycles. The van der Waals surface area contributed by atoms with Gasteiger partial charge < -0.3 is 15.1 Å². The Morgan fingerprint density at radius 3 is 2.68 bits per heavy atom. The fourth-order valence-electron chi connectivity index (χ4n) is 2.27. The van der Waals surface area contributed by atoms with E-state index >= 15 is 0 Å². The molecule has 2 N–H and O–H groups in total. The van der Waals surface area contributed by atoms with Gasteiger partial charge in [0.05, 0.1) is 12.8 Å².